The third-order valence-corrected chi connectivity index (χ3v) is 5.69. The summed E-state index contributed by atoms with van der Waals surface area (Å²) in [6, 6.07) is 20.9. The van der Waals surface area contributed by atoms with Crippen LogP contribution in [0.25, 0.3) is 16.5 Å². The van der Waals surface area contributed by atoms with Gasteiger partial charge in [0.15, 0.2) is 0 Å². The Morgan fingerprint density at radius 2 is 1.69 bits per heavy atom. The first kappa shape index (κ1) is 19.8. The number of carbonyl (C=O) groups excluding carboxylic acids is 2. The summed E-state index contributed by atoms with van der Waals surface area (Å²) in [6.07, 6.45) is 1.46. The quantitative estimate of drug-likeness (QED) is 0.276. The highest BCUT2D eigenvalue weighted by atomic mass is 19.1. The molecule has 1 unspecified atom stereocenters. The van der Waals surface area contributed by atoms with Crippen LogP contribution in [0.2, 0.25) is 0 Å². The number of hydrogen-bond donors (Lipinski definition) is 1. The van der Waals surface area contributed by atoms with Crippen molar-refractivity contribution in [1.29, 1.82) is 0 Å². The largest absolute Gasteiger partial charge is 0.507 e. The number of amides is 1. The Morgan fingerprint density at radius 1 is 0.938 bits per heavy atom. The van der Waals surface area contributed by atoms with E-state index in [1.807, 2.05) is 30.3 Å². The molecule has 0 saturated carbocycles. The lowest BCUT2D eigenvalue weighted by atomic mass is 9.93. The number of nitrogens with zero attached hydrogens (tertiary/aromatic N) is 1. The molecule has 0 radical (unpaired) electrons. The molecule has 1 N–H and O–H groups in total. The molecule has 4 aromatic rings. The van der Waals surface area contributed by atoms with Crippen molar-refractivity contribution in [1.82, 2.24) is 4.90 Å². The molecule has 1 saturated heterocycles. The maximum atomic E-state index is 14.9. The number of rotatable bonds is 4. The second kappa shape index (κ2) is 7.81. The third-order valence-electron chi connectivity index (χ3n) is 5.69. The summed E-state index contributed by atoms with van der Waals surface area (Å²) in [7, 11) is 0. The highest BCUT2D eigenvalue weighted by Gasteiger charge is 2.47. The summed E-state index contributed by atoms with van der Waals surface area (Å²) < 4.78 is 20.2. The molecule has 0 bridgehead atoms. The van der Waals surface area contributed by atoms with Crippen molar-refractivity contribution in [2.45, 2.75) is 12.6 Å². The van der Waals surface area contributed by atoms with Crippen LogP contribution in [0.5, 0.6) is 0 Å². The van der Waals surface area contributed by atoms with Gasteiger partial charge in [-0.3, -0.25) is 9.59 Å². The second-order valence-corrected chi connectivity index (χ2v) is 7.55. The minimum Gasteiger partial charge on any atom is -0.507 e. The number of aliphatic hydroxyl groups is 1. The van der Waals surface area contributed by atoms with E-state index in [-0.39, 0.29) is 23.4 Å². The Bertz CT molecular complexity index is 1370. The van der Waals surface area contributed by atoms with E-state index in [4.69, 9.17) is 4.42 Å². The summed E-state index contributed by atoms with van der Waals surface area (Å²) in [4.78, 5) is 27.4. The number of aliphatic hydroxyl groups excluding tert-OH is 1. The molecule has 1 fully saturated rings. The van der Waals surface area contributed by atoms with E-state index in [0.29, 0.717) is 11.3 Å². The molecule has 0 spiro atoms. The number of likely N-dealkylation sites (tertiary alicyclic amines) is 1. The van der Waals surface area contributed by atoms with E-state index in [2.05, 4.69) is 0 Å². The Balaban J connectivity index is 1.74. The molecule has 158 valence electrons. The van der Waals surface area contributed by atoms with Crippen molar-refractivity contribution < 1.29 is 23.5 Å². The van der Waals surface area contributed by atoms with Gasteiger partial charge in [-0.1, -0.05) is 60.7 Å². The number of benzene rings is 3. The molecule has 2 heterocycles. The average Bonchev–Trinajstić information content (AvgIpc) is 3.41. The molecule has 1 amide bonds. The van der Waals surface area contributed by atoms with Gasteiger partial charge in [-0.25, -0.2) is 4.39 Å². The molecule has 1 atom stereocenters. The van der Waals surface area contributed by atoms with E-state index in [1.165, 1.54) is 29.4 Å². The van der Waals surface area contributed by atoms with Gasteiger partial charge in [0.25, 0.3) is 11.7 Å². The van der Waals surface area contributed by atoms with Gasteiger partial charge in [0.05, 0.1) is 24.4 Å². The molecule has 0 aliphatic carbocycles. The maximum Gasteiger partial charge on any atom is 0.296 e. The SMILES string of the molecule is O=C1C(=O)N(Cc2ccco2)C(c2ccccc2F)/C1=C(\O)c1cccc2ccccc12. The fraction of sp³-hybridized carbons (Fsp3) is 0.0769. The molecule has 1 aliphatic rings. The molecule has 5 rings (SSSR count). The van der Waals surface area contributed by atoms with Crippen LogP contribution in [0.1, 0.15) is 22.9 Å². The standard InChI is InChI=1S/C26H18FNO4/c27-21-13-4-3-11-20(21)23-22(25(30)26(31)28(23)15-17-9-6-14-32-17)24(29)19-12-5-8-16-7-1-2-10-18(16)19/h1-14,23,29H,15H2/b24-22+. The van der Waals surface area contributed by atoms with Crippen molar-refractivity contribution in [2.24, 2.45) is 0 Å². The van der Waals surface area contributed by atoms with Crippen LogP contribution in [-0.4, -0.2) is 21.7 Å². The summed E-state index contributed by atoms with van der Waals surface area (Å²) in [5.41, 5.74) is 0.378. The van der Waals surface area contributed by atoms with Crippen LogP contribution < -0.4 is 0 Å². The normalized spacial score (nSPS) is 17.9. The minimum atomic E-state index is -1.10. The summed E-state index contributed by atoms with van der Waals surface area (Å²) in [6.45, 7) is -0.0388. The van der Waals surface area contributed by atoms with Crippen molar-refractivity contribution in [2.75, 3.05) is 0 Å². The zero-order valence-corrected chi connectivity index (χ0v) is 16.9. The first-order valence-corrected chi connectivity index (χ1v) is 10.1. The first-order chi connectivity index (χ1) is 15.6. The number of carbonyl (C=O) groups is 2. The number of Topliss-reactive ketones (excluding diaryl/α,β-unsaturated/α-hetero) is 1. The number of hydrogen-bond acceptors (Lipinski definition) is 4. The van der Waals surface area contributed by atoms with Crippen LogP contribution >= 0.6 is 0 Å². The van der Waals surface area contributed by atoms with Gasteiger partial charge in [0, 0.05) is 11.1 Å². The summed E-state index contributed by atoms with van der Waals surface area (Å²) in [5.74, 6) is -2.16. The number of ketones is 1. The number of fused-ring (bicyclic) bond motifs is 1. The molecule has 6 heteroatoms. The van der Waals surface area contributed by atoms with E-state index >= 15 is 0 Å². The Labute approximate surface area is 183 Å². The zero-order valence-electron chi connectivity index (χ0n) is 16.9. The third kappa shape index (κ3) is 3.17. The lowest BCUT2D eigenvalue weighted by molar-refractivity contribution is -0.140. The fourth-order valence-corrected chi connectivity index (χ4v) is 4.21. The van der Waals surface area contributed by atoms with Gasteiger partial charge >= 0.3 is 0 Å². The van der Waals surface area contributed by atoms with Gasteiger partial charge in [0.1, 0.15) is 17.3 Å². The van der Waals surface area contributed by atoms with E-state index in [0.717, 1.165) is 10.8 Å². The van der Waals surface area contributed by atoms with Gasteiger partial charge < -0.3 is 14.4 Å². The van der Waals surface area contributed by atoms with Crippen molar-refractivity contribution in [3.05, 3.63) is 113 Å². The smallest absolute Gasteiger partial charge is 0.296 e. The van der Waals surface area contributed by atoms with Gasteiger partial charge in [0.2, 0.25) is 0 Å². The Morgan fingerprint density at radius 3 is 2.47 bits per heavy atom. The lowest BCUT2D eigenvalue weighted by Crippen LogP contribution is -2.29. The second-order valence-electron chi connectivity index (χ2n) is 7.55. The lowest BCUT2D eigenvalue weighted by Gasteiger charge is -2.25. The van der Waals surface area contributed by atoms with E-state index in [9.17, 15) is 19.1 Å². The Kier molecular flexibility index (Phi) is 4.82. The molecule has 1 aromatic heterocycles. The molecule has 3 aromatic carbocycles. The Hall–Kier alpha value is -4.19. The minimum absolute atomic E-state index is 0.0388. The highest BCUT2D eigenvalue weighted by molar-refractivity contribution is 6.46. The average molecular weight is 427 g/mol. The van der Waals surface area contributed by atoms with Crippen LogP contribution in [0.4, 0.5) is 4.39 Å². The van der Waals surface area contributed by atoms with Crippen molar-refractivity contribution in [3.63, 3.8) is 0 Å². The van der Waals surface area contributed by atoms with Crippen LogP contribution in [0.3, 0.4) is 0 Å². The highest BCUT2D eigenvalue weighted by Crippen LogP contribution is 2.42. The molecule has 32 heavy (non-hydrogen) atoms. The van der Waals surface area contributed by atoms with E-state index in [1.54, 1.807) is 30.3 Å². The zero-order chi connectivity index (χ0) is 22.2. The monoisotopic (exact) mass is 427 g/mol. The molecule has 1 aliphatic heterocycles. The van der Waals surface area contributed by atoms with Gasteiger partial charge in [-0.05, 0) is 29.0 Å². The molecular weight excluding hydrogens is 409 g/mol. The number of furan rings is 1. The van der Waals surface area contributed by atoms with Crippen molar-refractivity contribution in [3.8, 4) is 0 Å². The van der Waals surface area contributed by atoms with Crippen LogP contribution in [0, 0.1) is 5.82 Å². The topological polar surface area (TPSA) is 70.8 Å². The predicted molar refractivity (Wildman–Crippen MR) is 117 cm³/mol. The van der Waals surface area contributed by atoms with Gasteiger partial charge in [-0.15, -0.1) is 0 Å². The molecular formula is C26H18FNO4. The summed E-state index contributed by atoms with van der Waals surface area (Å²) in [5, 5.41) is 12.9. The number of halogens is 1. The first-order valence-electron chi connectivity index (χ1n) is 10.1. The van der Waals surface area contributed by atoms with Crippen molar-refractivity contribution >= 4 is 28.2 Å². The van der Waals surface area contributed by atoms with Crippen LogP contribution in [0.15, 0.2) is 95.1 Å². The van der Waals surface area contributed by atoms with E-state index < -0.39 is 23.5 Å². The molecule has 5 nitrogen and oxygen atoms in total. The fourth-order valence-electron chi connectivity index (χ4n) is 4.21. The maximum absolute atomic E-state index is 14.9. The van der Waals surface area contributed by atoms with Gasteiger partial charge in [-0.2, -0.15) is 0 Å². The van der Waals surface area contributed by atoms with Crippen LogP contribution in [-0.2, 0) is 16.1 Å². The summed E-state index contributed by atoms with van der Waals surface area (Å²) >= 11 is 0. The predicted octanol–water partition coefficient (Wildman–Crippen LogP) is 5.19.